The van der Waals surface area contributed by atoms with Crippen molar-refractivity contribution in [2.75, 3.05) is 12.4 Å². The average molecular weight is 395 g/mol. The number of aromatic nitrogens is 1. The summed E-state index contributed by atoms with van der Waals surface area (Å²) in [7, 11) is 1.62. The van der Waals surface area contributed by atoms with E-state index in [0.717, 1.165) is 22.2 Å². The van der Waals surface area contributed by atoms with E-state index < -0.39 is 0 Å². The first-order chi connectivity index (χ1) is 13.6. The van der Waals surface area contributed by atoms with Crippen LogP contribution in [-0.2, 0) is 4.74 Å². The summed E-state index contributed by atoms with van der Waals surface area (Å²) in [6.07, 6.45) is 2.12. The molecule has 0 aliphatic carbocycles. The Morgan fingerprint density at radius 2 is 2.04 bits per heavy atom. The molecule has 0 unspecified atom stereocenters. The standard InChI is InChI=1S/C21H21N3O3S/c1-4-14(2)21(26-12-22-3)27-17-8-5-15(6-9-17)20(25)24-16-7-10-19-18(11-16)23-13-28-19/h5-13H,4H2,1-3H3,(H,24,25)/b21-14-,22-12?. The lowest BCUT2D eigenvalue weighted by molar-refractivity contribution is 0.102. The van der Waals surface area contributed by atoms with Gasteiger partial charge in [-0.15, -0.1) is 11.3 Å². The zero-order valence-electron chi connectivity index (χ0n) is 15.9. The van der Waals surface area contributed by atoms with Gasteiger partial charge in [-0.25, -0.2) is 4.98 Å². The normalized spacial score (nSPS) is 12.1. The van der Waals surface area contributed by atoms with Crippen molar-refractivity contribution in [3.05, 3.63) is 65.1 Å². The van der Waals surface area contributed by atoms with Gasteiger partial charge in [-0.2, -0.15) is 0 Å². The van der Waals surface area contributed by atoms with Crippen LogP contribution in [0.3, 0.4) is 0 Å². The minimum Gasteiger partial charge on any atom is -0.426 e. The van der Waals surface area contributed by atoms with Crippen LogP contribution in [0.2, 0.25) is 0 Å². The van der Waals surface area contributed by atoms with Crippen LogP contribution in [0.15, 0.2) is 64.5 Å². The van der Waals surface area contributed by atoms with E-state index in [2.05, 4.69) is 15.3 Å². The molecule has 1 amide bonds. The van der Waals surface area contributed by atoms with Crippen molar-refractivity contribution in [2.45, 2.75) is 20.3 Å². The summed E-state index contributed by atoms with van der Waals surface area (Å²) in [6.45, 7) is 3.95. The van der Waals surface area contributed by atoms with Gasteiger partial charge in [0, 0.05) is 23.9 Å². The summed E-state index contributed by atoms with van der Waals surface area (Å²) < 4.78 is 12.3. The van der Waals surface area contributed by atoms with Crippen molar-refractivity contribution in [3.8, 4) is 5.75 Å². The van der Waals surface area contributed by atoms with E-state index in [1.807, 2.05) is 32.0 Å². The van der Waals surface area contributed by atoms with E-state index in [1.54, 1.807) is 48.2 Å². The van der Waals surface area contributed by atoms with Crippen LogP contribution in [-0.4, -0.2) is 24.3 Å². The first kappa shape index (κ1) is 19.6. The molecule has 28 heavy (non-hydrogen) atoms. The quantitative estimate of drug-likeness (QED) is 0.337. The Balaban J connectivity index is 1.69. The average Bonchev–Trinajstić information content (AvgIpc) is 3.18. The van der Waals surface area contributed by atoms with Gasteiger partial charge in [-0.1, -0.05) is 6.92 Å². The first-order valence-corrected chi connectivity index (χ1v) is 9.68. The number of amides is 1. The number of benzene rings is 2. The fraction of sp³-hybridized carbons (Fsp3) is 0.190. The number of hydrogen-bond acceptors (Lipinski definition) is 6. The number of aliphatic imine (C=N–C) groups is 1. The molecule has 0 saturated heterocycles. The van der Waals surface area contributed by atoms with Gasteiger partial charge >= 0.3 is 0 Å². The van der Waals surface area contributed by atoms with E-state index in [0.29, 0.717) is 22.9 Å². The van der Waals surface area contributed by atoms with Crippen molar-refractivity contribution in [3.63, 3.8) is 0 Å². The number of ether oxygens (including phenoxy) is 2. The molecule has 0 fully saturated rings. The molecular weight excluding hydrogens is 374 g/mol. The van der Waals surface area contributed by atoms with E-state index in [4.69, 9.17) is 9.47 Å². The maximum atomic E-state index is 12.5. The highest BCUT2D eigenvalue weighted by molar-refractivity contribution is 7.16. The molecule has 2 aromatic carbocycles. The lowest BCUT2D eigenvalue weighted by atomic mass is 10.2. The summed E-state index contributed by atoms with van der Waals surface area (Å²) in [5.41, 5.74) is 4.85. The monoisotopic (exact) mass is 395 g/mol. The maximum Gasteiger partial charge on any atom is 0.289 e. The largest absolute Gasteiger partial charge is 0.426 e. The zero-order valence-corrected chi connectivity index (χ0v) is 16.7. The minimum atomic E-state index is -0.198. The van der Waals surface area contributed by atoms with Crippen molar-refractivity contribution in [1.29, 1.82) is 0 Å². The van der Waals surface area contributed by atoms with E-state index in [-0.39, 0.29) is 5.91 Å². The van der Waals surface area contributed by atoms with Gasteiger partial charge < -0.3 is 14.8 Å². The highest BCUT2D eigenvalue weighted by Crippen LogP contribution is 2.23. The Bertz CT molecular complexity index is 1020. The molecule has 7 heteroatoms. The number of thiazole rings is 1. The van der Waals surface area contributed by atoms with Crippen LogP contribution in [0.1, 0.15) is 30.6 Å². The molecule has 3 aromatic rings. The second-order valence-electron chi connectivity index (χ2n) is 6.02. The second-order valence-corrected chi connectivity index (χ2v) is 6.90. The number of nitrogens with zero attached hydrogens (tertiary/aromatic N) is 2. The molecular formula is C21H21N3O3S. The van der Waals surface area contributed by atoms with Crippen LogP contribution < -0.4 is 10.1 Å². The minimum absolute atomic E-state index is 0.198. The SMILES string of the molecule is CC/C(C)=C(/OC=NC)Oc1ccc(C(=O)Nc2ccc3scnc3c2)cc1. The predicted octanol–water partition coefficient (Wildman–Crippen LogP) is 5.24. The van der Waals surface area contributed by atoms with Gasteiger partial charge in [-0.05, 0) is 55.8 Å². The van der Waals surface area contributed by atoms with Crippen molar-refractivity contribution in [1.82, 2.24) is 4.98 Å². The summed E-state index contributed by atoms with van der Waals surface area (Å²) in [4.78, 5) is 20.6. The number of allylic oxidation sites excluding steroid dienone is 1. The second kappa shape index (κ2) is 9.14. The van der Waals surface area contributed by atoms with Crippen LogP contribution in [0, 0.1) is 0 Å². The lowest BCUT2D eigenvalue weighted by Crippen LogP contribution is -2.11. The zero-order chi connectivity index (χ0) is 19.9. The number of rotatable bonds is 7. The number of nitrogens with one attached hydrogen (secondary N) is 1. The van der Waals surface area contributed by atoms with Gasteiger partial charge in [0.1, 0.15) is 5.75 Å². The van der Waals surface area contributed by atoms with Crippen LogP contribution in [0.4, 0.5) is 5.69 Å². The van der Waals surface area contributed by atoms with Gasteiger partial charge in [0.15, 0.2) is 6.40 Å². The maximum absolute atomic E-state index is 12.5. The fourth-order valence-electron chi connectivity index (χ4n) is 2.38. The van der Waals surface area contributed by atoms with Crippen molar-refractivity contribution >= 4 is 39.5 Å². The molecule has 0 atom stereocenters. The Morgan fingerprint density at radius 3 is 2.75 bits per heavy atom. The Hall–Kier alpha value is -3.19. The van der Waals surface area contributed by atoms with E-state index in [9.17, 15) is 4.79 Å². The fourth-order valence-corrected chi connectivity index (χ4v) is 3.04. The lowest BCUT2D eigenvalue weighted by Gasteiger charge is -2.11. The molecule has 144 valence electrons. The van der Waals surface area contributed by atoms with Gasteiger partial charge in [0.2, 0.25) is 0 Å². The smallest absolute Gasteiger partial charge is 0.289 e. The summed E-state index contributed by atoms with van der Waals surface area (Å²) in [5, 5.41) is 2.89. The third-order valence-electron chi connectivity index (χ3n) is 4.06. The molecule has 0 spiro atoms. The van der Waals surface area contributed by atoms with Gasteiger partial charge in [0.25, 0.3) is 11.9 Å². The van der Waals surface area contributed by atoms with E-state index >= 15 is 0 Å². The molecule has 0 aliphatic rings. The molecule has 1 N–H and O–H groups in total. The van der Waals surface area contributed by atoms with E-state index in [1.165, 1.54) is 6.40 Å². The van der Waals surface area contributed by atoms with Gasteiger partial charge in [0.05, 0.1) is 15.7 Å². The third kappa shape index (κ3) is 4.75. The molecule has 1 aromatic heterocycles. The number of fused-ring (bicyclic) bond motifs is 1. The molecule has 0 saturated carbocycles. The summed E-state index contributed by atoms with van der Waals surface area (Å²) in [6, 6.07) is 12.5. The molecule has 0 radical (unpaired) electrons. The molecule has 0 bridgehead atoms. The Labute approximate surface area is 167 Å². The molecule has 1 heterocycles. The number of carbonyl (C=O) groups is 1. The van der Waals surface area contributed by atoms with Crippen LogP contribution in [0.25, 0.3) is 10.2 Å². The molecule has 6 nitrogen and oxygen atoms in total. The summed E-state index contributed by atoms with van der Waals surface area (Å²) >= 11 is 1.57. The number of carbonyl (C=O) groups excluding carboxylic acids is 1. The number of hydrogen-bond donors (Lipinski definition) is 1. The van der Waals surface area contributed by atoms with Crippen LogP contribution >= 0.6 is 11.3 Å². The first-order valence-electron chi connectivity index (χ1n) is 8.80. The topological polar surface area (TPSA) is 72.8 Å². The predicted molar refractivity (Wildman–Crippen MR) is 113 cm³/mol. The molecule has 3 rings (SSSR count). The third-order valence-corrected chi connectivity index (χ3v) is 4.87. The molecule has 0 aliphatic heterocycles. The van der Waals surface area contributed by atoms with Crippen molar-refractivity contribution in [2.24, 2.45) is 4.99 Å². The highest BCUT2D eigenvalue weighted by Gasteiger charge is 2.10. The Kier molecular flexibility index (Phi) is 6.39. The van der Waals surface area contributed by atoms with Crippen LogP contribution in [0.5, 0.6) is 5.75 Å². The Morgan fingerprint density at radius 1 is 1.25 bits per heavy atom. The van der Waals surface area contributed by atoms with Crippen molar-refractivity contribution < 1.29 is 14.3 Å². The van der Waals surface area contributed by atoms with Gasteiger partial charge in [-0.3, -0.25) is 9.79 Å². The highest BCUT2D eigenvalue weighted by atomic mass is 32.1. The summed E-state index contributed by atoms with van der Waals surface area (Å²) in [5.74, 6) is 0.769. The number of anilines is 1.